The number of carbonyl (C=O) groups is 1. The first-order valence-electron chi connectivity index (χ1n) is 7.23. The van der Waals surface area contributed by atoms with Crippen molar-refractivity contribution < 1.29 is 4.79 Å². The van der Waals surface area contributed by atoms with E-state index in [2.05, 4.69) is 18.4 Å². The summed E-state index contributed by atoms with van der Waals surface area (Å²) in [6.45, 7) is 2.91. The Morgan fingerprint density at radius 1 is 1.50 bits per heavy atom. The van der Waals surface area contributed by atoms with Crippen LogP contribution in [0.5, 0.6) is 0 Å². The number of hydrogen-bond acceptors (Lipinski definition) is 3. The van der Waals surface area contributed by atoms with Crippen molar-refractivity contribution in [3.63, 3.8) is 0 Å². The van der Waals surface area contributed by atoms with E-state index in [-0.39, 0.29) is 11.9 Å². The maximum atomic E-state index is 13.1. The molecule has 1 saturated carbocycles. The van der Waals surface area contributed by atoms with Gasteiger partial charge in [-0.15, -0.1) is 11.3 Å². The summed E-state index contributed by atoms with van der Waals surface area (Å²) in [6.07, 6.45) is 4.70. The van der Waals surface area contributed by atoms with E-state index in [1.54, 1.807) is 11.3 Å². The third kappa shape index (κ3) is 1.99. The highest BCUT2D eigenvalue weighted by atomic mass is 32.1. The zero-order chi connectivity index (χ0) is 14.3. The maximum Gasteiger partial charge on any atom is 0.236 e. The standard InChI is InChI=1S/C15H20N2OS2/c1-10-11-5-9-20-12(11)4-8-17(10)14(18)15(13(16)19)6-2-3-7-15/h5,9-10H,2-4,6-8H2,1H3,(H2,16,19). The number of thiophene rings is 1. The molecule has 0 spiro atoms. The zero-order valence-electron chi connectivity index (χ0n) is 11.7. The molecule has 20 heavy (non-hydrogen) atoms. The van der Waals surface area contributed by atoms with E-state index in [4.69, 9.17) is 18.0 Å². The molecule has 1 aliphatic carbocycles. The predicted molar refractivity (Wildman–Crippen MR) is 85.8 cm³/mol. The molecule has 1 aliphatic heterocycles. The van der Waals surface area contributed by atoms with E-state index >= 15 is 0 Å². The van der Waals surface area contributed by atoms with Gasteiger partial charge in [-0.1, -0.05) is 25.1 Å². The molecule has 3 nitrogen and oxygen atoms in total. The van der Waals surface area contributed by atoms with Crippen molar-refractivity contribution in [2.24, 2.45) is 11.1 Å². The molecule has 1 aromatic rings. The number of nitrogens with zero attached hydrogens (tertiary/aromatic N) is 1. The minimum absolute atomic E-state index is 0.143. The van der Waals surface area contributed by atoms with Crippen molar-refractivity contribution in [2.45, 2.75) is 45.1 Å². The van der Waals surface area contributed by atoms with Gasteiger partial charge in [0.25, 0.3) is 0 Å². The summed E-state index contributed by atoms with van der Waals surface area (Å²) in [6, 6.07) is 2.29. The zero-order valence-corrected chi connectivity index (χ0v) is 13.4. The van der Waals surface area contributed by atoms with E-state index in [0.29, 0.717) is 4.99 Å². The number of thiocarbonyl (C=S) groups is 1. The lowest BCUT2D eigenvalue weighted by Gasteiger charge is -2.39. The van der Waals surface area contributed by atoms with E-state index in [9.17, 15) is 4.79 Å². The normalized spacial score (nSPS) is 24.4. The lowest BCUT2D eigenvalue weighted by Crippen LogP contribution is -2.51. The molecule has 1 atom stereocenters. The molecule has 2 aliphatic rings. The van der Waals surface area contributed by atoms with E-state index < -0.39 is 5.41 Å². The Labute approximate surface area is 129 Å². The molecule has 0 bridgehead atoms. The van der Waals surface area contributed by atoms with Crippen LogP contribution in [-0.4, -0.2) is 22.3 Å². The van der Waals surface area contributed by atoms with Gasteiger partial charge in [0.05, 0.1) is 16.4 Å². The molecule has 0 radical (unpaired) electrons. The van der Waals surface area contributed by atoms with Gasteiger partial charge in [0.2, 0.25) is 5.91 Å². The number of fused-ring (bicyclic) bond motifs is 1. The number of amides is 1. The van der Waals surface area contributed by atoms with Gasteiger partial charge in [0, 0.05) is 11.4 Å². The summed E-state index contributed by atoms with van der Waals surface area (Å²) in [7, 11) is 0. The van der Waals surface area contributed by atoms with Crippen LogP contribution < -0.4 is 5.73 Å². The van der Waals surface area contributed by atoms with Crippen LogP contribution in [0.4, 0.5) is 0 Å². The highest BCUT2D eigenvalue weighted by molar-refractivity contribution is 7.80. The highest BCUT2D eigenvalue weighted by Gasteiger charge is 2.47. The van der Waals surface area contributed by atoms with Gasteiger partial charge in [-0.2, -0.15) is 0 Å². The van der Waals surface area contributed by atoms with Crippen molar-refractivity contribution in [1.29, 1.82) is 0 Å². The largest absolute Gasteiger partial charge is 0.392 e. The Balaban J connectivity index is 1.90. The lowest BCUT2D eigenvalue weighted by molar-refractivity contribution is -0.140. The third-order valence-electron chi connectivity index (χ3n) is 4.88. The summed E-state index contributed by atoms with van der Waals surface area (Å²) >= 11 is 7.04. The van der Waals surface area contributed by atoms with Crippen LogP contribution in [0, 0.1) is 5.41 Å². The lowest BCUT2D eigenvalue weighted by atomic mass is 9.83. The summed E-state index contributed by atoms with van der Waals surface area (Å²) in [5.74, 6) is 0.159. The van der Waals surface area contributed by atoms with E-state index in [1.807, 2.05) is 4.90 Å². The maximum absolute atomic E-state index is 13.1. The molecule has 108 valence electrons. The second-order valence-corrected chi connectivity index (χ2v) is 7.32. The van der Waals surface area contributed by atoms with Gasteiger partial charge in [0.1, 0.15) is 0 Å². The van der Waals surface area contributed by atoms with Crippen LogP contribution in [0.15, 0.2) is 11.4 Å². The van der Waals surface area contributed by atoms with Crippen molar-refractivity contribution in [3.8, 4) is 0 Å². The van der Waals surface area contributed by atoms with E-state index in [1.165, 1.54) is 10.4 Å². The van der Waals surface area contributed by atoms with Gasteiger partial charge in [-0.25, -0.2) is 0 Å². The quantitative estimate of drug-likeness (QED) is 0.854. The average Bonchev–Trinajstić information content (AvgIpc) is 3.08. The highest BCUT2D eigenvalue weighted by Crippen LogP contribution is 2.43. The van der Waals surface area contributed by atoms with Crippen molar-refractivity contribution in [1.82, 2.24) is 4.90 Å². The van der Waals surface area contributed by atoms with Crippen LogP contribution in [0.1, 0.15) is 49.1 Å². The number of nitrogens with two attached hydrogens (primary N) is 1. The Morgan fingerprint density at radius 2 is 2.20 bits per heavy atom. The molecule has 1 fully saturated rings. The minimum atomic E-state index is -0.572. The Kier molecular flexibility index (Phi) is 3.58. The van der Waals surface area contributed by atoms with Gasteiger partial charge >= 0.3 is 0 Å². The Hall–Kier alpha value is -0.940. The first-order chi connectivity index (χ1) is 9.56. The molecular formula is C15H20N2OS2. The smallest absolute Gasteiger partial charge is 0.236 e. The van der Waals surface area contributed by atoms with Crippen molar-refractivity contribution >= 4 is 34.5 Å². The molecule has 2 N–H and O–H groups in total. The molecule has 5 heteroatoms. The molecule has 2 heterocycles. The third-order valence-corrected chi connectivity index (χ3v) is 6.26. The number of carbonyl (C=O) groups excluding carboxylic acids is 1. The van der Waals surface area contributed by atoms with Crippen LogP contribution in [-0.2, 0) is 11.2 Å². The van der Waals surface area contributed by atoms with Crippen LogP contribution >= 0.6 is 23.6 Å². The van der Waals surface area contributed by atoms with Gasteiger partial charge in [-0.3, -0.25) is 4.79 Å². The van der Waals surface area contributed by atoms with Crippen LogP contribution in [0.3, 0.4) is 0 Å². The summed E-state index contributed by atoms with van der Waals surface area (Å²) in [4.78, 5) is 16.9. The van der Waals surface area contributed by atoms with Crippen molar-refractivity contribution in [2.75, 3.05) is 6.54 Å². The Bertz CT molecular complexity index is 546. The summed E-state index contributed by atoms with van der Waals surface area (Å²) in [5.41, 5.74) is 6.67. The number of rotatable bonds is 2. The first kappa shape index (κ1) is 14.0. The molecule has 1 unspecified atom stereocenters. The summed E-state index contributed by atoms with van der Waals surface area (Å²) in [5, 5.41) is 2.12. The number of hydrogen-bond donors (Lipinski definition) is 1. The molecule has 3 rings (SSSR count). The molecule has 0 aromatic carbocycles. The second kappa shape index (κ2) is 5.11. The fraction of sp³-hybridized carbons (Fsp3) is 0.600. The second-order valence-electron chi connectivity index (χ2n) is 5.88. The SMILES string of the molecule is CC1c2ccsc2CCN1C(=O)C1(C(N)=S)CCCC1. The molecule has 1 aromatic heterocycles. The predicted octanol–water partition coefficient (Wildman–Crippen LogP) is 3.04. The monoisotopic (exact) mass is 308 g/mol. The summed E-state index contributed by atoms with van der Waals surface area (Å²) < 4.78 is 0. The van der Waals surface area contributed by atoms with Gasteiger partial charge in [0.15, 0.2) is 0 Å². The minimum Gasteiger partial charge on any atom is -0.392 e. The van der Waals surface area contributed by atoms with Crippen LogP contribution in [0.25, 0.3) is 0 Å². The first-order valence-corrected chi connectivity index (χ1v) is 8.52. The molecule has 0 saturated heterocycles. The molecule has 1 amide bonds. The Morgan fingerprint density at radius 3 is 2.85 bits per heavy atom. The average molecular weight is 308 g/mol. The van der Waals surface area contributed by atoms with Crippen LogP contribution in [0.2, 0.25) is 0 Å². The van der Waals surface area contributed by atoms with Crippen molar-refractivity contribution in [3.05, 3.63) is 21.9 Å². The topological polar surface area (TPSA) is 46.3 Å². The van der Waals surface area contributed by atoms with Gasteiger partial charge < -0.3 is 10.6 Å². The fourth-order valence-electron chi connectivity index (χ4n) is 3.61. The molecular weight excluding hydrogens is 288 g/mol. The van der Waals surface area contributed by atoms with Gasteiger partial charge in [-0.05, 0) is 43.2 Å². The fourth-order valence-corrected chi connectivity index (χ4v) is 4.86. The van der Waals surface area contributed by atoms with E-state index in [0.717, 1.165) is 38.6 Å².